The van der Waals surface area contributed by atoms with Gasteiger partial charge >= 0.3 is 6.18 Å². The first-order valence-corrected chi connectivity index (χ1v) is 15.3. The molecule has 246 valence electrons. The van der Waals surface area contributed by atoms with Crippen LogP contribution in [0.1, 0.15) is 28.8 Å². The zero-order valence-electron chi connectivity index (χ0n) is 25.7. The van der Waals surface area contributed by atoms with Crippen LogP contribution in [0.3, 0.4) is 0 Å². The molecule has 47 heavy (non-hydrogen) atoms. The van der Waals surface area contributed by atoms with Crippen LogP contribution in [0, 0.1) is 5.82 Å². The highest BCUT2D eigenvalue weighted by Crippen LogP contribution is 2.39. The minimum absolute atomic E-state index is 0.0308. The number of aromatic amines is 1. The lowest BCUT2D eigenvalue weighted by molar-refractivity contribution is -0.137. The van der Waals surface area contributed by atoms with Crippen LogP contribution < -0.4 is 15.5 Å². The number of alkyl halides is 3. The van der Waals surface area contributed by atoms with E-state index in [0.29, 0.717) is 48.1 Å². The van der Waals surface area contributed by atoms with Gasteiger partial charge in [0, 0.05) is 79.7 Å². The van der Waals surface area contributed by atoms with Crippen molar-refractivity contribution in [3.8, 4) is 11.3 Å². The van der Waals surface area contributed by atoms with Gasteiger partial charge in [0.15, 0.2) is 0 Å². The van der Waals surface area contributed by atoms with E-state index in [1.165, 1.54) is 30.5 Å². The molecule has 0 aliphatic carbocycles. The number of likely N-dealkylation sites (N-methyl/N-ethyl adjacent to an activating group) is 1. The Labute approximate surface area is 268 Å². The summed E-state index contributed by atoms with van der Waals surface area (Å²) in [5.41, 5.74) is 1.09. The number of carbonyl (C=O) groups is 2. The second-order valence-corrected chi connectivity index (χ2v) is 11.8. The number of nitrogens with zero attached hydrogens (tertiary/aromatic N) is 5. The lowest BCUT2D eigenvalue weighted by atomic mass is 10.0. The fraction of sp³-hybridized carbons (Fsp3) is 0.333. The number of hydrogen-bond acceptors (Lipinski definition) is 7. The molecule has 2 aromatic heterocycles. The average Bonchev–Trinajstić information content (AvgIpc) is 3.48. The van der Waals surface area contributed by atoms with Gasteiger partial charge in [0.1, 0.15) is 11.4 Å². The van der Waals surface area contributed by atoms with Gasteiger partial charge in [-0.25, -0.2) is 14.4 Å². The molecule has 3 N–H and O–H groups in total. The molecule has 0 unspecified atom stereocenters. The number of H-pyrrole nitrogens is 1. The standard InChI is InChI=1S/C33H34F4N8O2/c1-3-29(46)41-26-7-4-20(16-28(26)44-14-12-43(2)13-15-44)31(47)45-10-8-22(9-11-45)40-32-39-19-25(33(35,36)37)30(42-32)24-18-38-27-17-21(34)5-6-23(24)27/h3-7,16-19,22,38H,1,8-15H2,2H3,(H,41,46)(H,39,40,42). The van der Waals surface area contributed by atoms with Crippen molar-refractivity contribution in [2.24, 2.45) is 0 Å². The van der Waals surface area contributed by atoms with Crippen molar-refractivity contribution in [1.29, 1.82) is 0 Å². The number of nitrogens with one attached hydrogen (secondary N) is 3. The summed E-state index contributed by atoms with van der Waals surface area (Å²) in [7, 11) is 2.05. The summed E-state index contributed by atoms with van der Waals surface area (Å²) in [5.74, 6) is -0.969. The number of carbonyl (C=O) groups excluding carboxylic acids is 2. The van der Waals surface area contributed by atoms with E-state index in [4.69, 9.17) is 0 Å². The number of piperazine rings is 1. The summed E-state index contributed by atoms with van der Waals surface area (Å²) < 4.78 is 55.6. The summed E-state index contributed by atoms with van der Waals surface area (Å²) >= 11 is 0. The van der Waals surface area contributed by atoms with Gasteiger partial charge < -0.3 is 30.3 Å². The Bertz CT molecular complexity index is 1810. The van der Waals surface area contributed by atoms with Crippen molar-refractivity contribution in [2.75, 3.05) is 61.8 Å². The zero-order valence-corrected chi connectivity index (χ0v) is 25.7. The molecule has 4 aromatic rings. The molecule has 2 fully saturated rings. The second kappa shape index (κ2) is 13.0. The van der Waals surface area contributed by atoms with Crippen LogP contribution in [0.2, 0.25) is 0 Å². The highest BCUT2D eigenvalue weighted by atomic mass is 19.4. The summed E-state index contributed by atoms with van der Waals surface area (Å²) in [6.45, 7) is 7.54. The van der Waals surface area contributed by atoms with Crippen molar-refractivity contribution in [1.82, 2.24) is 24.8 Å². The molecule has 14 heteroatoms. The van der Waals surface area contributed by atoms with Crippen LogP contribution in [-0.2, 0) is 11.0 Å². The number of fused-ring (bicyclic) bond motifs is 1. The third kappa shape index (κ3) is 6.92. The van der Waals surface area contributed by atoms with Crippen molar-refractivity contribution < 1.29 is 27.2 Å². The number of amides is 2. The second-order valence-electron chi connectivity index (χ2n) is 11.8. The largest absolute Gasteiger partial charge is 0.419 e. The molecular formula is C33H34F4N8O2. The molecule has 10 nitrogen and oxygen atoms in total. The molecule has 0 saturated carbocycles. The number of piperidine rings is 1. The molecule has 0 radical (unpaired) electrons. The van der Waals surface area contributed by atoms with E-state index >= 15 is 0 Å². The molecule has 2 aliphatic heterocycles. The van der Waals surface area contributed by atoms with Gasteiger partial charge in [0.05, 0.1) is 17.1 Å². The Kier molecular flexibility index (Phi) is 8.86. The van der Waals surface area contributed by atoms with Crippen molar-refractivity contribution in [3.05, 3.63) is 78.4 Å². The van der Waals surface area contributed by atoms with Crippen molar-refractivity contribution in [2.45, 2.75) is 25.1 Å². The Balaban J connectivity index is 1.16. The summed E-state index contributed by atoms with van der Waals surface area (Å²) in [4.78, 5) is 42.8. The lowest BCUT2D eigenvalue weighted by Crippen LogP contribution is -2.45. The van der Waals surface area contributed by atoms with Gasteiger partial charge in [-0.2, -0.15) is 13.2 Å². The maximum absolute atomic E-state index is 14.0. The number of likely N-dealkylation sites (tertiary alicyclic amines) is 1. The van der Waals surface area contributed by atoms with Crippen LogP contribution in [0.5, 0.6) is 0 Å². The molecule has 2 amide bonds. The smallest absolute Gasteiger partial charge is 0.367 e. The predicted octanol–water partition coefficient (Wildman–Crippen LogP) is 5.38. The maximum Gasteiger partial charge on any atom is 0.419 e. The fourth-order valence-corrected chi connectivity index (χ4v) is 6.01. The molecule has 0 spiro atoms. The molecule has 6 rings (SSSR count). The lowest BCUT2D eigenvalue weighted by Gasteiger charge is -2.36. The zero-order chi connectivity index (χ0) is 33.3. The van der Waals surface area contributed by atoms with Gasteiger partial charge in [-0.1, -0.05) is 6.58 Å². The molecule has 0 atom stereocenters. The minimum atomic E-state index is -4.71. The molecule has 0 bridgehead atoms. The normalized spacial score (nSPS) is 16.4. The molecular weight excluding hydrogens is 616 g/mol. The van der Waals surface area contributed by atoms with Crippen molar-refractivity contribution in [3.63, 3.8) is 0 Å². The first-order chi connectivity index (χ1) is 22.5. The highest BCUT2D eigenvalue weighted by Gasteiger charge is 2.36. The Morgan fingerprint density at radius 3 is 2.49 bits per heavy atom. The van der Waals surface area contributed by atoms with Gasteiger partial charge in [-0.05, 0) is 62.4 Å². The summed E-state index contributed by atoms with van der Waals surface area (Å²) in [5, 5.41) is 6.39. The maximum atomic E-state index is 14.0. The van der Waals surface area contributed by atoms with Crippen LogP contribution >= 0.6 is 0 Å². The predicted molar refractivity (Wildman–Crippen MR) is 172 cm³/mol. The first-order valence-electron chi connectivity index (χ1n) is 15.3. The number of halogens is 4. The molecule has 2 saturated heterocycles. The van der Waals surface area contributed by atoms with Crippen LogP contribution in [-0.4, -0.2) is 88.9 Å². The van der Waals surface area contributed by atoms with E-state index < -0.39 is 17.6 Å². The van der Waals surface area contributed by atoms with E-state index in [2.05, 4.69) is 42.0 Å². The van der Waals surface area contributed by atoms with E-state index in [-0.39, 0.29) is 35.1 Å². The van der Waals surface area contributed by atoms with Gasteiger partial charge in [-0.3, -0.25) is 9.59 Å². The summed E-state index contributed by atoms with van der Waals surface area (Å²) in [6, 6.07) is 8.87. The van der Waals surface area contributed by atoms with Gasteiger partial charge in [0.25, 0.3) is 5.91 Å². The Hall–Kier alpha value is -4.98. The quantitative estimate of drug-likeness (QED) is 0.182. The van der Waals surface area contributed by atoms with Crippen LogP contribution in [0.25, 0.3) is 22.2 Å². The summed E-state index contributed by atoms with van der Waals surface area (Å²) in [6.07, 6.45) is -0.322. The molecule has 2 aromatic carbocycles. The number of rotatable bonds is 7. The first kappa shape index (κ1) is 32.0. The highest BCUT2D eigenvalue weighted by molar-refractivity contribution is 6.03. The third-order valence-corrected chi connectivity index (χ3v) is 8.64. The average molecular weight is 651 g/mol. The monoisotopic (exact) mass is 650 g/mol. The van der Waals surface area contributed by atoms with Crippen LogP contribution in [0.4, 0.5) is 34.9 Å². The minimum Gasteiger partial charge on any atom is -0.367 e. The fourth-order valence-electron chi connectivity index (χ4n) is 6.01. The number of aromatic nitrogens is 3. The van der Waals surface area contributed by atoms with Gasteiger partial charge in [-0.15, -0.1) is 0 Å². The van der Waals surface area contributed by atoms with E-state index in [9.17, 15) is 27.2 Å². The van der Waals surface area contributed by atoms with E-state index in [0.717, 1.165) is 38.1 Å². The van der Waals surface area contributed by atoms with Gasteiger partial charge in [0.2, 0.25) is 11.9 Å². The Morgan fingerprint density at radius 1 is 1.04 bits per heavy atom. The Morgan fingerprint density at radius 2 is 1.79 bits per heavy atom. The SMILES string of the molecule is C=CC(=O)Nc1ccc(C(=O)N2CCC(Nc3ncc(C(F)(F)F)c(-c4c[nH]c5cc(F)ccc45)n3)CC2)cc1N1CCN(C)CC1. The van der Waals surface area contributed by atoms with E-state index in [1.807, 2.05) is 13.1 Å². The third-order valence-electron chi connectivity index (χ3n) is 8.64. The van der Waals surface area contributed by atoms with E-state index in [1.54, 1.807) is 17.0 Å². The molecule has 4 heterocycles. The molecule has 2 aliphatic rings. The topological polar surface area (TPSA) is 109 Å². The number of benzene rings is 2. The van der Waals surface area contributed by atoms with Crippen LogP contribution in [0.15, 0.2) is 61.4 Å². The van der Waals surface area contributed by atoms with Crippen molar-refractivity contribution >= 4 is 40.0 Å². The number of anilines is 3. The number of hydrogen-bond donors (Lipinski definition) is 3.